The van der Waals surface area contributed by atoms with Crippen LogP contribution in [-0.2, 0) is 0 Å². The Morgan fingerprint density at radius 1 is 1.47 bits per heavy atom. The zero-order valence-electron chi connectivity index (χ0n) is 8.64. The number of halogens is 1. The average molecular weight is 346 g/mol. The molecule has 8 heteroatoms. The summed E-state index contributed by atoms with van der Waals surface area (Å²) in [7, 11) is 1.47. The number of ether oxygens (including phenoxy) is 1. The maximum atomic E-state index is 11.5. The lowest BCUT2D eigenvalue weighted by Gasteiger charge is -2.03. The monoisotopic (exact) mass is 346 g/mol. The first-order chi connectivity index (χ1) is 8.11. The fraction of sp³-hybridized carbons (Fsp3) is 0.111. The van der Waals surface area contributed by atoms with Gasteiger partial charge in [0.05, 0.1) is 7.11 Å². The SMILES string of the molecule is COc1cc(-c2nc(O)c(I)c(=O)[nH]2)ncn1. The summed E-state index contributed by atoms with van der Waals surface area (Å²) >= 11 is 1.71. The molecule has 0 spiro atoms. The molecule has 88 valence electrons. The van der Waals surface area contributed by atoms with Crippen LogP contribution in [0.2, 0.25) is 0 Å². The van der Waals surface area contributed by atoms with Gasteiger partial charge in [-0.2, -0.15) is 4.98 Å². The fourth-order valence-electron chi connectivity index (χ4n) is 1.15. The van der Waals surface area contributed by atoms with Crippen LogP contribution >= 0.6 is 22.6 Å². The lowest BCUT2D eigenvalue weighted by atomic mass is 10.3. The number of H-pyrrole nitrogens is 1. The molecule has 2 heterocycles. The van der Waals surface area contributed by atoms with Crippen molar-refractivity contribution in [2.75, 3.05) is 7.11 Å². The van der Waals surface area contributed by atoms with E-state index in [4.69, 9.17) is 4.74 Å². The Hall–Kier alpha value is -1.71. The molecule has 0 amide bonds. The highest BCUT2D eigenvalue weighted by Gasteiger charge is 2.10. The van der Waals surface area contributed by atoms with Crippen molar-refractivity contribution in [1.29, 1.82) is 0 Å². The minimum Gasteiger partial charge on any atom is -0.492 e. The molecule has 0 saturated heterocycles. The Kier molecular flexibility index (Phi) is 3.22. The number of rotatable bonds is 2. The summed E-state index contributed by atoms with van der Waals surface area (Å²) in [5.41, 5.74) is -0.0636. The molecule has 0 aromatic carbocycles. The Morgan fingerprint density at radius 2 is 2.24 bits per heavy atom. The molecule has 7 nitrogen and oxygen atoms in total. The van der Waals surface area contributed by atoms with E-state index in [1.165, 1.54) is 19.5 Å². The van der Waals surface area contributed by atoms with Crippen LogP contribution < -0.4 is 10.3 Å². The van der Waals surface area contributed by atoms with E-state index >= 15 is 0 Å². The smallest absolute Gasteiger partial charge is 0.268 e. The van der Waals surface area contributed by atoms with Crippen molar-refractivity contribution in [2.45, 2.75) is 0 Å². The first kappa shape index (κ1) is 11.8. The highest BCUT2D eigenvalue weighted by atomic mass is 127. The number of hydrogen-bond donors (Lipinski definition) is 2. The largest absolute Gasteiger partial charge is 0.492 e. The van der Waals surface area contributed by atoms with Gasteiger partial charge in [0.25, 0.3) is 5.56 Å². The first-order valence-corrected chi connectivity index (χ1v) is 5.55. The van der Waals surface area contributed by atoms with Crippen molar-refractivity contribution in [2.24, 2.45) is 0 Å². The summed E-state index contributed by atoms with van der Waals surface area (Å²) in [6.45, 7) is 0. The molecule has 2 rings (SSSR count). The standard InChI is InChI=1S/C9H7IN4O3/c1-17-5-2-4(11-3-12-5)7-13-8(15)6(10)9(16)14-7/h2-3H,1H3,(H2,13,14,15,16). The molecule has 0 bridgehead atoms. The molecular formula is C9H7IN4O3. The lowest BCUT2D eigenvalue weighted by molar-refractivity contribution is 0.397. The molecule has 0 saturated carbocycles. The van der Waals surface area contributed by atoms with E-state index in [2.05, 4.69) is 19.9 Å². The van der Waals surface area contributed by atoms with Crippen LogP contribution in [0.4, 0.5) is 0 Å². The molecule has 0 radical (unpaired) electrons. The van der Waals surface area contributed by atoms with Gasteiger partial charge < -0.3 is 14.8 Å². The van der Waals surface area contributed by atoms with Gasteiger partial charge in [-0.05, 0) is 22.6 Å². The molecule has 0 fully saturated rings. The summed E-state index contributed by atoms with van der Waals surface area (Å²) in [6.07, 6.45) is 1.28. The molecule has 17 heavy (non-hydrogen) atoms. The fourth-order valence-corrected chi connectivity index (χ4v) is 1.40. The Labute approximate surface area is 109 Å². The molecule has 0 atom stereocenters. The third-order valence-electron chi connectivity index (χ3n) is 1.94. The van der Waals surface area contributed by atoms with Crippen molar-refractivity contribution < 1.29 is 9.84 Å². The second-order valence-electron chi connectivity index (χ2n) is 3.00. The van der Waals surface area contributed by atoms with Crippen molar-refractivity contribution in [1.82, 2.24) is 19.9 Å². The minimum atomic E-state index is -0.425. The maximum absolute atomic E-state index is 11.5. The summed E-state index contributed by atoms with van der Waals surface area (Å²) < 4.78 is 5.06. The minimum absolute atomic E-state index is 0.132. The molecule has 2 N–H and O–H groups in total. The average Bonchev–Trinajstić information content (AvgIpc) is 2.35. The predicted octanol–water partition coefficient (Wildman–Crippen LogP) is 0.546. The number of aromatic hydroxyl groups is 1. The molecule has 0 aliphatic heterocycles. The Balaban J connectivity index is 2.56. The molecular weight excluding hydrogens is 339 g/mol. The second kappa shape index (κ2) is 4.65. The van der Waals surface area contributed by atoms with Gasteiger partial charge in [0, 0.05) is 6.07 Å². The van der Waals surface area contributed by atoms with Crippen LogP contribution in [0, 0.1) is 3.57 Å². The number of nitrogens with zero attached hydrogens (tertiary/aromatic N) is 3. The molecule has 0 aliphatic carbocycles. The summed E-state index contributed by atoms with van der Waals surface area (Å²) in [6, 6.07) is 1.50. The maximum Gasteiger partial charge on any atom is 0.268 e. The van der Waals surface area contributed by atoms with Crippen LogP contribution in [0.15, 0.2) is 17.2 Å². The second-order valence-corrected chi connectivity index (χ2v) is 4.08. The highest BCUT2D eigenvalue weighted by Crippen LogP contribution is 2.18. The van der Waals surface area contributed by atoms with Gasteiger partial charge in [-0.3, -0.25) is 4.79 Å². The van der Waals surface area contributed by atoms with Crippen LogP contribution in [0.1, 0.15) is 0 Å². The summed E-state index contributed by atoms with van der Waals surface area (Å²) in [4.78, 5) is 25.5. The molecule has 0 aliphatic rings. The van der Waals surface area contributed by atoms with E-state index in [0.29, 0.717) is 11.6 Å². The third-order valence-corrected chi connectivity index (χ3v) is 2.91. The number of methoxy groups -OCH3 is 1. The van der Waals surface area contributed by atoms with Crippen molar-refractivity contribution in [3.8, 4) is 23.3 Å². The van der Waals surface area contributed by atoms with Gasteiger partial charge in [0.2, 0.25) is 11.8 Å². The highest BCUT2D eigenvalue weighted by molar-refractivity contribution is 14.1. The van der Waals surface area contributed by atoms with Gasteiger partial charge >= 0.3 is 0 Å². The number of nitrogens with one attached hydrogen (secondary N) is 1. The van der Waals surface area contributed by atoms with Crippen molar-refractivity contribution in [3.05, 3.63) is 26.3 Å². The van der Waals surface area contributed by atoms with E-state index in [1.807, 2.05) is 0 Å². The number of aromatic amines is 1. The molecule has 2 aromatic heterocycles. The summed E-state index contributed by atoms with van der Waals surface area (Å²) in [5.74, 6) is 0.172. The van der Waals surface area contributed by atoms with Crippen LogP contribution in [0.25, 0.3) is 11.5 Å². The van der Waals surface area contributed by atoms with Gasteiger partial charge in [-0.1, -0.05) is 0 Å². The Morgan fingerprint density at radius 3 is 2.88 bits per heavy atom. The van der Waals surface area contributed by atoms with Gasteiger partial charge in [-0.15, -0.1) is 0 Å². The lowest BCUT2D eigenvalue weighted by Crippen LogP contribution is -2.12. The number of hydrogen-bond acceptors (Lipinski definition) is 6. The van der Waals surface area contributed by atoms with E-state index in [0.717, 1.165) is 0 Å². The summed E-state index contributed by atoms with van der Waals surface area (Å²) in [5, 5.41) is 9.46. The van der Waals surface area contributed by atoms with Crippen molar-refractivity contribution >= 4 is 22.6 Å². The van der Waals surface area contributed by atoms with Gasteiger partial charge in [-0.25, -0.2) is 9.97 Å². The quantitative estimate of drug-likeness (QED) is 0.770. The van der Waals surface area contributed by atoms with Crippen LogP contribution in [-0.4, -0.2) is 32.2 Å². The van der Waals surface area contributed by atoms with E-state index < -0.39 is 5.56 Å². The van der Waals surface area contributed by atoms with Crippen LogP contribution in [0.5, 0.6) is 11.8 Å². The molecule has 0 unspecified atom stereocenters. The van der Waals surface area contributed by atoms with Gasteiger partial charge in [0.15, 0.2) is 5.82 Å². The van der Waals surface area contributed by atoms with E-state index in [9.17, 15) is 9.90 Å². The topological polar surface area (TPSA) is 101 Å². The third kappa shape index (κ3) is 2.35. The zero-order valence-corrected chi connectivity index (χ0v) is 10.8. The van der Waals surface area contributed by atoms with Gasteiger partial charge in [0.1, 0.15) is 15.6 Å². The normalized spacial score (nSPS) is 10.2. The van der Waals surface area contributed by atoms with E-state index in [1.54, 1.807) is 22.6 Å². The first-order valence-electron chi connectivity index (χ1n) is 4.47. The van der Waals surface area contributed by atoms with E-state index in [-0.39, 0.29) is 15.3 Å². The zero-order chi connectivity index (χ0) is 12.4. The molecule has 2 aromatic rings. The van der Waals surface area contributed by atoms with Crippen molar-refractivity contribution in [3.63, 3.8) is 0 Å². The Bertz CT molecular complexity index is 613. The predicted molar refractivity (Wildman–Crippen MR) is 66.8 cm³/mol. The number of aromatic nitrogens is 4. The van der Waals surface area contributed by atoms with Crippen LogP contribution in [0.3, 0.4) is 0 Å².